The SMILES string of the molecule is NC(=O)COc1ccc(NC(=O)CCSc2ccccc2F)cc1. The highest BCUT2D eigenvalue weighted by atomic mass is 32.2. The number of hydrogen-bond acceptors (Lipinski definition) is 4. The minimum Gasteiger partial charge on any atom is -0.484 e. The van der Waals surface area contributed by atoms with Crippen molar-refractivity contribution < 1.29 is 18.7 Å². The molecule has 2 aromatic rings. The van der Waals surface area contributed by atoms with Gasteiger partial charge in [0.2, 0.25) is 5.91 Å². The van der Waals surface area contributed by atoms with Crippen molar-refractivity contribution in [2.75, 3.05) is 17.7 Å². The van der Waals surface area contributed by atoms with Crippen LogP contribution < -0.4 is 15.8 Å². The first kappa shape index (κ1) is 17.8. The molecular weight excluding hydrogens is 331 g/mol. The number of thioether (sulfide) groups is 1. The largest absolute Gasteiger partial charge is 0.484 e. The average molecular weight is 348 g/mol. The van der Waals surface area contributed by atoms with Gasteiger partial charge in [-0.1, -0.05) is 12.1 Å². The van der Waals surface area contributed by atoms with Crippen molar-refractivity contribution >= 4 is 29.3 Å². The molecule has 0 unspecified atom stereocenters. The van der Waals surface area contributed by atoms with Crippen LogP contribution in [0.4, 0.5) is 10.1 Å². The quantitative estimate of drug-likeness (QED) is 0.719. The molecular formula is C17H17FN2O3S. The number of anilines is 1. The Hall–Kier alpha value is -2.54. The third-order valence-electron chi connectivity index (χ3n) is 2.94. The normalized spacial score (nSPS) is 10.2. The van der Waals surface area contributed by atoms with Gasteiger partial charge in [-0.05, 0) is 36.4 Å². The summed E-state index contributed by atoms with van der Waals surface area (Å²) in [6.07, 6.45) is 0.263. The molecule has 0 aromatic heterocycles. The number of halogens is 1. The summed E-state index contributed by atoms with van der Waals surface area (Å²) >= 11 is 1.30. The summed E-state index contributed by atoms with van der Waals surface area (Å²) in [6, 6.07) is 13.1. The first-order chi connectivity index (χ1) is 11.5. The first-order valence-electron chi connectivity index (χ1n) is 7.23. The zero-order valence-electron chi connectivity index (χ0n) is 12.8. The van der Waals surface area contributed by atoms with Crippen molar-refractivity contribution in [2.24, 2.45) is 5.73 Å². The van der Waals surface area contributed by atoms with E-state index < -0.39 is 5.91 Å². The smallest absolute Gasteiger partial charge is 0.255 e. The molecule has 0 radical (unpaired) electrons. The number of benzene rings is 2. The summed E-state index contributed by atoms with van der Waals surface area (Å²) in [6.45, 7) is -0.195. The number of ether oxygens (including phenoxy) is 1. The average Bonchev–Trinajstić information content (AvgIpc) is 2.56. The highest BCUT2D eigenvalue weighted by molar-refractivity contribution is 7.99. The second-order valence-corrected chi connectivity index (χ2v) is 5.99. The summed E-state index contributed by atoms with van der Waals surface area (Å²) in [4.78, 5) is 23.0. The summed E-state index contributed by atoms with van der Waals surface area (Å²) in [7, 11) is 0. The molecule has 0 aliphatic heterocycles. The first-order valence-corrected chi connectivity index (χ1v) is 8.21. The van der Waals surface area contributed by atoms with Gasteiger partial charge in [-0.2, -0.15) is 0 Å². The van der Waals surface area contributed by atoms with Crippen LogP contribution in [0.15, 0.2) is 53.4 Å². The molecule has 0 aliphatic rings. The topological polar surface area (TPSA) is 81.4 Å². The van der Waals surface area contributed by atoms with Crippen molar-refractivity contribution in [1.82, 2.24) is 0 Å². The van der Waals surface area contributed by atoms with Crippen molar-refractivity contribution in [2.45, 2.75) is 11.3 Å². The van der Waals surface area contributed by atoms with E-state index in [0.29, 0.717) is 22.1 Å². The van der Waals surface area contributed by atoms with E-state index in [9.17, 15) is 14.0 Å². The lowest BCUT2D eigenvalue weighted by Crippen LogP contribution is -2.20. The fourth-order valence-electron chi connectivity index (χ4n) is 1.83. The van der Waals surface area contributed by atoms with Crippen LogP contribution in [-0.2, 0) is 9.59 Å². The molecule has 0 saturated heterocycles. The molecule has 0 bridgehead atoms. The molecule has 0 saturated carbocycles. The van der Waals surface area contributed by atoms with E-state index in [4.69, 9.17) is 10.5 Å². The van der Waals surface area contributed by atoms with Crippen molar-refractivity contribution in [3.63, 3.8) is 0 Å². The minimum absolute atomic E-state index is 0.162. The Bertz CT molecular complexity index is 707. The molecule has 5 nitrogen and oxygen atoms in total. The second-order valence-electron chi connectivity index (χ2n) is 4.86. The lowest BCUT2D eigenvalue weighted by atomic mass is 10.3. The van der Waals surface area contributed by atoms with Crippen molar-refractivity contribution in [1.29, 1.82) is 0 Å². The maximum absolute atomic E-state index is 13.4. The predicted octanol–water partition coefficient (Wildman–Crippen LogP) is 2.81. The summed E-state index contributed by atoms with van der Waals surface area (Å²) in [5.41, 5.74) is 5.60. The zero-order valence-corrected chi connectivity index (χ0v) is 13.6. The van der Waals surface area contributed by atoms with Gasteiger partial charge in [-0.25, -0.2) is 4.39 Å². The van der Waals surface area contributed by atoms with Crippen LogP contribution >= 0.6 is 11.8 Å². The highest BCUT2D eigenvalue weighted by Gasteiger charge is 2.06. The summed E-state index contributed by atoms with van der Waals surface area (Å²) < 4.78 is 18.6. The third kappa shape index (κ3) is 5.92. The van der Waals surface area contributed by atoms with E-state index in [1.807, 2.05) is 0 Å². The standard InChI is InChI=1S/C17H17FN2O3S/c18-14-3-1-2-4-15(14)24-10-9-17(22)20-12-5-7-13(8-6-12)23-11-16(19)21/h1-8H,9-11H2,(H2,19,21)(H,20,22). The number of primary amides is 1. The van der Waals surface area contributed by atoms with E-state index in [1.54, 1.807) is 42.5 Å². The Morgan fingerprint density at radius 1 is 1.12 bits per heavy atom. The molecule has 126 valence electrons. The number of carbonyl (C=O) groups excluding carboxylic acids is 2. The molecule has 3 N–H and O–H groups in total. The summed E-state index contributed by atoms with van der Waals surface area (Å²) in [5, 5.41) is 2.74. The molecule has 0 atom stereocenters. The van der Waals surface area contributed by atoms with Crippen molar-refractivity contribution in [3.05, 3.63) is 54.3 Å². The Morgan fingerprint density at radius 2 is 1.83 bits per heavy atom. The van der Waals surface area contributed by atoms with E-state index in [-0.39, 0.29) is 24.8 Å². The fourth-order valence-corrected chi connectivity index (χ4v) is 2.72. The second kappa shape index (κ2) is 8.93. The molecule has 0 heterocycles. The molecule has 2 aromatic carbocycles. The maximum atomic E-state index is 13.4. The van der Waals surface area contributed by atoms with Gasteiger partial charge in [0.15, 0.2) is 6.61 Å². The van der Waals surface area contributed by atoms with E-state index >= 15 is 0 Å². The molecule has 0 fully saturated rings. The molecule has 24 heavy (non-hydrogen) atoms. The third-order valence-corrected chi connectivity index (χ3v) is 3.99. The van der Waals surface area contributed by atoms with E-state index in [1.165, 1.54) is 17.8 Å². The molecule has 0 spiro atoms. The van der Waals surface area contributed by atoms with Crippen LogP contribution in [-0.4, -0.2) is 24.2 Å². The Labute approximate surface area is 143 Å². The van der Waals surface area contributed by atoms with Gasteiger partial charge in [0.1, 0.15) is 11.6 Å². The molecule has 2 amide bonds. The molecule has 0 aliphatic carbocycles. The predicted molar refractivity (Wildman–Crippen MR) is 91.5 cm³/mol. The number of nitrogens with two attached hydrogens (primary N) is 1. The van der Waals surface area contributed by atoms with Crippen LogP contribution in [0, 0.1) is 5.82 Å². The lowest BCUT2D eigenvalue weighted by molar-refractivity contribution is -0.120. The fraction of sp³-hybridized carbons (Fsp3) is 0.176. The lowest BCUT2D eigenvalue weighted by Gasteiger charge is -2.07. The Balaban J connectivity index is 1.76. The molecule has 7 heteroatoms. The van der Waals surface area contributed by atoms with Gasteiger partial charge in [-0.15, -0.1) is 11.8 Å². The van der Waals surface area contributed by atoms with Crippen LogP contribution in [0.2, 0.25) is 0 Å². The number of rotatable bonds is 8. The number of carbonyl (C=O) groups is 2. The summed E-state index contributed by atoms with van der Waals surface area (Å²) in [5.74, 6) is -0.0345. The van der Waals surface area contributed by atoms with Crippen LogP contribution in [0.5, 0.6) is 5.75 Å². The van der Waals surface area contributed by atoms with Gasteiger partial charge in [0.25, 0.3) is 5.91 Å². The van der Waals surface area contributed by atoms with E-state index in [0.717, 1.165) is 0 Å². The molecule has 2 rings (SSSR count). The number of hydrogen-bond donors (Lipinski definition) is 2. The minimum atomic E-state index is -0.556. The van der Waals surface area contributed by atoms with Crippen LogP contribution in [0.1, 0.15) is 6.42 Å². The van der Waals surface area contributed by atoms with Gasteiger partial charge < -0.3 is 15.8 Å². The van der Waals surface area contributed by atoms with Crippen LogP contribution in [0.25, 0.3) is 0 Å². The zero-order chi connectivity index (χ0) is 17.4. The Kier molecular flexibility index (Phi) is 6.62. The van der Waals surface area contributed by atoms with Crippen molar-refractivity contribution in [3.8, 4) is 5.75 Å². The maximum Gasteiger partial charge on any atom is 0.255 e. The van der Waals surface area contributed by atoms with Crippen LogP contribution in [0.3, 0.4) is 0 Å². The van der Waals surface area contributed by atoms with E-state index in [2.05, 4.69) is 5.32 Å². The number of amides is 2. The Morgan fingerprint density at radius 3 is 2.50 bits per heavy atom. The van der Waals surface area contributed by atoms with Gasteiger partial charge in [0.05, 0.1) is 0 Å². The van der Waals surface area contributed by atoms with Gasteiger partial charge in [-0.3, -0.25) is 9.59 Å². The van der Waals surface area contributed by atoms with Gasteiger partial charge >= 0.3 is 0 Å². The monoisotopic (exact) mass is 348 g/mol. The van der Waals surface area contributed by atoms with Gasteiger partial charge in [0, 0.05) is 22.8 Å². The highest BCUT2D eigenvalue weighted by Crippen LogP contribution is 2.22. The number of nitrogens with one attached hydrogen (secondary N) is 1.